The van der Waals surface area contributed by atoms with Gasteiger partial charge in [0.05, 0.1) is 12.7 Å². The van der Waals surface area contributed by atoms with E-state index in [4.69, 9.17) is 14.2 Å². The summed E-state index contributed by atoms with van der Waals surface area (Å²) in [6.45, 7) is 3.35. The van der Waals surface area contributed by atoms with Crippen molar-refractivity contribution in [1.82, 2.24) is 5.32 Å². The number of hydrogen-bond acceptors (Lipinski definition) is 5. The van der Waals surface area contributed by atoms with Gasteiger partial charge in [-0.2, -0.15) is 0 Å². The van der Waals surface area contributed by atoms with Crippen LogP contribution in [0.15, 0.2) is 18.2 Å². The number of fused-ring (bicyclic) bond motifs is 1. The van der Waals surface area contributed by atoms with Crippen LogP contribution in [0.25, 0.3) is 0 Å². The number of benzene rings is 1. The lowest BCUT2D eigenvalue weighted by atomic mass is 10.1. The lowest BCUT2D eigenvalue weighted by Crippen LogP contribution is -2.36. The van der Waals surface area contributed by atoms with Gasteiger partial charge in [-0.25, -0.2) is 0 Å². The summed E-state index contributed by atoms with van der Waals surface area (Å²) < 4.78 is 15.6. The van der Waals surface area contributed by atoms with Crippen LogP contribution in [-0.2, 0) is 11.2 Å². The monoisotopic (exact) mass is 281 g/mol. The Bertz CT molecular complexity index is 424. The third kappa shape index (κ3) is 4.37. The van der Waals surface area contributed by atoms with Gasteiger partial charge in [-0.15, -0.1) is 0 Å². The average Bonchev–Trinajstić information content (AvgIpc) is 2.90. The van der Waals surface area contributed by atoms with E-state index >= 15 is 0 Å². The molecule has 20 heavy (non-hydrogen) atoms. The van der Waals surface area contributed by atoms with Crippen molar-refractivity contribution in [1.29, 1.82) is 0 Å². The van der Waals surface area contributed by atoms with Crippen molar-refractivity contribution in [3.05, 3.63) is 23.8 Å². The fraction of sp³-hybridized carbons (Fsp3) is 0.600. The Morgan fingerprint density at radius 2 is 2.15 bits per heavy atom. The van der Waals surface area contributed by atoms with Gasteiger partial charge in [0.25, 0.3) is 0 Å². The topological polar surface area (TPSA) is 60.0 Å². The molecule has 0 saturated heterocycles. The van der Waals surface area contributed by atoms with Gasteiger partial charge in [0.15, 0.2) is 11.5 Å². The van der Waals surface area contributed by atoms with Crippen molar-refractivity contribution < 1.29 is 19.3 Å². The molecule has 0 saturated carbocycles. The van der Waals surface area contributed by atoms with Gasteiger partial charge in [0.2, 0.25) is 6.79 Å². The Labute approximate surface area is 119 Å². The third-order valence-corrected chi connectivity index (χ3v) is 3.36. The smallest absolute Gasteiger partial charge is 0.231 e. The largest absolute Gasteiger partial charge is 0.454 e. The summed E-state index contributed by atoms with van der Waals surface area (Å²) in [6.07, 6.45) is 1.51. The SMILES string of the molecule is COCC(O)CNC(C)CCc1ccc2c(c1)OCO2. The average molecular weight is 281 g/mol. The number of aryl methyl sites for hydroxylation is 1. The van der Waals surface area contributed by atoms with Crippen LogP contribution in [0.2, 0.25) is 0 Å². The minimum absolute atomic E-state index is 0.314. The zero-order valence-electron chi connectivity index (χ0n) is 12.1. The van der Waals surface area contributed by atoms with Crippen molar-refractivity contribution in [2.75, 3.05) is 27.1 Å². The highest BCUT2D eigenvalue weighted by Crippen LogP contribution is 2.32. The quantitative estimate of drug-likeness (QED) is 0.753. The first kappa shape index (κ1) is 15.1. The van der Waals surface area contributed by atoms with Crippen LogP contribution < -0.4 is 14.8 Å². The minimum Gasteiger partial charge on any atom is -0.454 e. The second-order valence-electron chi connectivity index (χ2n) is 5.14. The first-order valence-corrected chi connectivity index (χ1v) is 6.98. The molecule has 1 aromatic rings. The molecule has 5 nitrogen and oxygen atoms in total. The summed E-state index contributed by atoms with van der Waals surface area (Å²) in [5.41, 5.74) is 1.24. The number of methoxy groups -OCH3 is 1. The molecule has 1 aliphatic rings. The van der Waals surface area contributed by atoms with E-state index in [1.165, 1.54) is 5.56 Å². The second kappa shape index (κ2) is 7.47. The number of aliphatic hydroxyl groups excluding tert-OH is 1. The minimum atomic E-state index is -0.451. The Balaban J connectivity index is 1.72. The summed E-state index contributed by atoms with van der Waals surface area (Å²) in [6, 6.07) is 6.40. The summed E-state index contributed by atoms with van der Waals surface area (Å²) in [4.78, 5) is 0. The summed E-state index contributed by atoms with van der Waals surface area (Å²) in [5, 5.41) is 12.9. The van der Waals surface area contributed by atoms with Crippen LogP contribution in [0.4, 0.5) is 0 Å². The normalized spacial score (nSPS) is 16.1. The Morgan fingerprint density at radius 3 is 2.95 bits per heavy atom. The summed E-state index contributed by atoms with van der Waals surface area (Å²) in [5.74, 6) is 1.65. The van der Waals surface area contributed by atoms with Gasteiger partial charge < -0.3 is 24.6 Å². The number of nitrogens with one attached hydrogen (secondary N) is 1. The lowest BCUT2D eigenvalue weighted by Gasteiger charge is -2.16. The zero-order chi connectivity index (χ0) is 14.4. The molecular formula is C15H23NO4. The molecule has 5 heteroatoms. The van der Waals surface area contributed by atoms with Crippen LogP contribution in [0.1, 0.15) is 18.9 Å². The zero-order valence-corrected chi connectivity index (χ0v) is 12.1. The van der Waals surface area contributed by atoms with Crippen molar-refractivity contribution in [2.24, 2.45) is 0 Å². The molecule has 112 valence electrons. The van der Waals surface area contributed by atoms with Crippen LogP contribution in [0.5, 0.6) is 11.5 Å². The van der Waals surface area contributed by atoms with Gasteiger partial charge in [-0.05, 0) is 37.5 Å². The van der Waals surface area contributed by atoms with Crippen molar-refractivity contribution >= 4 is 0 Å². The van der Waals surface area contributed by atoms with E-state index in [1.807, 2.05) is 12.1 Å². The standard InChI is InChI=1S/C15H23NO4/c1-11(16-8-13(17)9-18-2)3-4-12-5-6-14-15(7-12)20-10-19-14/h5-7,11,13,16-17H,3-4,8-10H2,1-2H3. The Morgan fingerprint density at radius 1 is 1.35 bits per heavy atom. The van der Waals surface area contributed by atoms with E-state index in [9.17, 15) is 5.11 Å². The Hall–Kier alpha value is -1.30. The molecule has 0 amide bonds. The summed E-state index contributed by atoms with van der Waals surface area (Å²) >= 11 is 0. The first-order valence-electron chi connectivity index (χ1n) is 6.98. The first-order chi connectivity index (χ1) is 9.69. The number of ether oxygens (including phenoxy) is 3. The van der Waals surface area contributed by atoms with Crippen LogP contribution >= 0.6 is 0 Å². The maximum Gasteiger partial charge on any atom is 0.231 e. The molecule has 1 aliphatic heterocycles. The van der Waals surface area contributed by atoms with E-state index in [-0.39, 0.29) is 0 Å². The van der Waals surface area contributed by atoms with Crippen LogP contribution in [-0.4, -0.2) is 44.3 Å². The molecule has 1 aromatic carbocycles. The molecule has 2 rings (SSSR count). The molecule has 0 bridgehead atoms. The van der Waals surface area contributed by atoms with Crippen molar-refractivity contribution in [3.8, 4) is 11.5 Å². The maximum atomic E-state index is 9.57. The van der Waals surface area contributed by atoms with E-state index in [2.05, 4.69) is 18.3 Å². The highest BCUT2D eigenvalue weighted by molar-refractivity contribution is 5.44. The molecule has 0 radical (unpaired) electrons. The summed E-state index contributed by atoms with van der Waals surface area (Å²) in [7, 11) is 1.59. The highest BCUT2D eigenvalue weighted by atomic mass is 16.7. The third-order valence-electron chi connectivity index (χ3n) is 3.36. The van der Waals surface area contributed by atoms with Crippen LogP contribution in [0, 0.1) is 0 Å². The second-order valence-corrected chi connectivity index (χ2v) is 5.14. The Kier molecular flexibility index (Phi) is 5.64. The number of aliphatic hydroxyl groups is 1. The van der Waals surface area contributed by atoms with Gasteiger partial charge in [-0.1, -0.05) is 6.07 Å². The van der Waals surface area contributed by atoms with Gasteiger partial charge in [-0.3, -0.25) is 0 Å². The predicted octanol–water partition coefficient (Wildman–Crippen LogP) is 1.33. The molecule has 0 fully saturated rings. The van der Waals surface area contributed by atoms with E-state index in [0.717, 1.165) is 24.3 Å². The molecular weight excluding hydrogens is 258 g/mol. The predicted molar refractivity (Wildman–Crippen MR) is 76.2 cm³/mol. The number of hydrogen-bond donors (Lipinski definition) is 2. The van der Waals surface area contributed by atoms with Crippen molar-refractivity contribution in [2.45, 2.75) is 31.9 Å². The van der Waals surface area contributed by atoms with Gasteiger partial charge >= 0.3 is 0 Å². The fourth-order valence-corrected chi connectivity index (χ4v) is 2.17. The van der Waals surface area contributed by atoms with E-state index in [1.54, 1.807) is 7.11 Å². The van der Waals surface area contributed by atoms with Gasteiger partial charge in [0, 0.05) is 19.7 Å². The van der Waals surface area contributed by atoms with Crippen molar-refractivity contribution in [3.63, 3.8) is 0 Å². The number of rotatable bonds is 8. The van der Waals surface area contributed by atoms with Crippen LogP contribution in [0.3, 0.4) is 0 Å². The molecule has 0 spiro atoms. The maximum absolute atomic E-state index is 9.57. The lowest BCUT2D eigenvalue weighted by molar-refractivity contribution is 0.0629. The molecule has 0 aromatic heterocycles. The van der Waals surface area contributed by atoms with E-state index in [0.29, 0.717) is 26.0 Å². The highest BCUT2D eigenvalue weighted by Gasteiger charge is 2.13. The van der Waals surface area contributed by atoms with E-state index < -0.39 is 6.10 Å². The van der Waals surface area contributed by atoms with Gasteiger partial charge in [0.1, 0.15) is 0 Å². The molecule has 0 aliphatic carbocycles. The molecule has 2 atom stereocenters. The molecule has 2 unspecified atom stereocenters. The fourth-order valence-electron chi connectivity index (χ4n) is 2.17. The molecule has 2 N–H and O–H groups in total. The molecule has 1 heterocycles.